The van der Waals surface area contributed by atoms with Crippen LogP contribution >= 0.6 is 27.3 Å². The molecule has 1 fully saturated rings. The molecule has 0 radical (unpaired) electrons. The fourth-order valence-corrected chi connectivity index (χ4v) is 6.63. The minimum absolute atomic E-state index is 0.319. The SMILES string of the molecule is Cc1ccc(-c2csc(N3CCN(S(=O)(=O)c4ccccc4Br)CC3)n2)cc1C. The van der Waals surface area contributed by atoms with E-state index in [9.17, 15) is 8.42 Å². The highest BCUT2D eigenvalue weighted by Crippen LogP contribution is 2.30. The number of benzene rings is 2. The second-order valence-electron chi connectivity index (χ2n) is 7.14. The van der Waals surface area contributed by atoms with Crippen LogP contribution in [0.25, 0.3) is 11.3 Å². The van der Waals surface area contributed by atoms with E-state index in [1.54, 1.807) is 33.8 Å². The second kappa shape index (κ2) is 8.18. The molecular weight excluding hydrogens is 470 g/mol. The minimum Gasteiger partial charge on any atom is -0.345 e. The van der Waals surface area contributed by atoms with Crippen LogP contribution < -0.4 is 4.90 Å². The van der Waals surface area contributed by atoms with E-state index in [0.717, 1.165) is 16.4 Å². The Hall–Kier alpha value is -1.74. The molecule has 1 saturated heterocycles. The van der Waals surface area contributed by atoms with E-state index in [4.69, 9.17) is 4.98 Å². The highest BCUT2D eigenvalue weighted by atomic mass is 79.9. The van der Waals surface area contributed by atoms with Gasteiger partial charge in [-0.15, -0.1) is 11.3 Å². The van der Waals surface area contributed by atoms with Crippen molar-refractivity contribution in [2.75, 3.05) is 31.1 Å². The highest BCUT2D eigenvalue weighted by molar-refractivity contribution is 9.10. The van der Waals surface area contributed by atoms with Crippen molar-refractivity contribution in [3.8, 4) is 11.3 Å². The Morgan fingerprint density at radius 3 is 2.41 bits per heavy atom. The second-order valence-corrected chi connectivity index (χ2v) is 10.7. The van der Waals surface area contributed by atoms with Crippen molar-refractivity contribution in [3.05, 3.63) is 63.4 Å². The van der Waals surface area contributed by atoms with Gasteiger partial charge in [-0.1, -0.05) is 24.3 Å². The van der Waals surface area contributed by atoms with E-state index < -0.39 is 10.0 Å². The van der Waals surface area contributed by atoms with Gasteiger partial charge in [0.2, 0.25) is 10.0 Å². The summed E-state index contributed by atoms with van der Waals surface area (Å²) < 4.78 is 28.1. The van der Waals surface area contributed by atoms with Gasteiger partial charge in [0.1, 0.15) is 0 Å². The molecule has 0 aliphatic carbocycles. The first-order valence-electron chi connectivity index (χ1n) is 9.39. The van der Waals surface area contributed by atoms with Crippen molar-refractivity contribution >= 4 is 42.4 Å². The monoisotopic (exact) mass is 491 g/mol. The summed E-state index contributed by atoms with van der Waals surface area (Å²) in [5.74, 6) is 0. The third kappa shape index (κ3) is 4.12. The first kappa shape index (κ1) is 20.5. The maximum atomic E-state index is 13.0. The Bertz CT molecular complexity index is 1140. The predicted molar refractivity (Wildman–Crippen MR) is 122 cm³/mol. The molecule has 3 aromatic rings. The number of hydrogen-bond acceptors (Lipinski definition) is 5. The summed E-state index contributed by atoms with van der Waals surface area (Å²) in [5.41, 5.74) is 4.61. The van der Waals surface area contributed by atoms with Crippen molar-refractivity contribution in [1.82, 2.24) is 9.29 Å². The first-order chi connectivity index (χ1) is 13.9. The zero-order chi connectivity index (χ0) is 20.6. The summed E-state index contributed by atoms with van der Waals surface area (Å²) >= 11 is 4.96. The number of halogens is 1. The lowest BCUT2D eigenvalue weighted by Crippen LogP contribution is -2.48. The van der Waals surface area contributed by atoms with Crippen LogP contribution in [0, 0.1) is 13.8 Å². The lowest BCUT2D eigenvalue weighted by Gasteiger charge is -2.33. The van der Waals surface area contributed by atoms with Gasteiger partial charge in [0.05, 0.1) is 10.6 Å². The molecule has 0 amide bonds. The zero-order valence-corrected chi connectivity index (χ0v) is 19.5. The minimum atomic E-state index is -3.50. The van der Waals surface area contributed by atoms with Crippen LogP contribution in [0.2, 0.25) is 0 Å². The zero-order valence-electron chi connectivity index (χ0n) is 16.3. The van der Waals surface area contributed by atoms with Crippen LogP contribution in [0.1, 0.15) is 11.1 Å². The van der Waals surface area contributed by atoms with Crippen LogP contribution in [-0.4, -0.2) is 43.9 Å². The van der Waals surface area contributed by atoms with E-state index in [0.29, 0.717) is 35.5 Å². The molecular formula is C21H22BrN3O2S2. The standard InChI is InChI=1S/C21H22BrN3O2S2/c1-15-7-8-17(13-16(15)2)19-14-28-21(23-19)24-9-11-25(12-10-24)29(26,27)20-6-4-3-5-18(20)22/h3-8,13-14H,9-12H2,1-2H3. The summed E-state index contributed by atoms with van der Waals surface area (Å²) in [6, 6.07) is 13.3. The van der Waals surface area contributed by atoms with Crippen LogP contribution in [0.4, 0.5) is 5.13 Å². The summed E-state index contributed by atoms with van der Waals surface area (Å²) in [4.78, 5) is 7.29. The largest absolute Gasteiger partial charge is 0.345 e. The van der Waals surface area contributed by atoms with Gasteiger partial charge < -0.3 is 4.90 Å². The molecule has 0 spiro atoms. The van der Waals surface area contributed by atoms with Gasteiger partial charge in [0.15, 0.2) is 5.13 Å². The topological polar surface area (TPSA) is 53.5 Å². The van der Waals surface area contributed by atoms with Crippen molar-refractivity contribution in [1.29, 1.82) is 0 Å². The lowest BCUT2D eigenvalue weighted by molar-refractivity contribution is 0.384. The van der Waals surface area contributed by atoms with Gasteiger partial charge in [0, 0.05) is 41.6 Å². The third-order valence-corrected chi connectivity index (χ3v) is 9.07. The van der Waals surface area contributed by atoms with Crippen LogP contribution in [0.3, 0.4) is 0 Å². The van der Waals surface area contributed by atoms with Gasteiger partial charge in [0.25, 0.3) is 0 Å². The van der Waals surface area contributed by atoms with Crippen molar-refractivity contribution in [3.63, 3.8) is 0 Å². The molecule has 2 heterocycles. The van der Waals surface area contributed by atoms with Crippen molar-refractivity contribution in [2.45, 2.75) is 18.7 Å². The number of piperazine rings is 1. The normalized spacial score (nSPS) is 15.6. The number of aromatic nitrogens is 1. The number of nitrogens with zero attached hydrogens (tertiary/aromatic N) is 3. The average Bonchev–Trinajstić information content (AvgIpc) is 3.20. The summed E-state index contributed by atoms with van der Waals surface area (Å²) in [6.45, 7) is 6.36. The molecule has 0 unspecified atom stereocenters. The Labute approximate surface area is 184 Å². The molecule has 0 bridgehead atoms. The molecule has 0 atom stereocenters. The molecule has 152 valence electrons. The van der Waals surface area contributed by atoms with E-state index in [1.807, 2.05) is 6.07 Å². The molecule has 1 aliphatic rings. The number of sulfonamides is 1. The van der Waals surface area contributed by atoms with E-state index in [1.165, 1.54) is 11.1 Å². The van der Waals surface area contributed by atoms with Crippen LogP contribution in [-0.2, 0) is 10.0 Å². The summed E-state index contributed by atoms with van der Waals surface area (Å²) in [5, 5.41) is 3.01. The Kier molecular flexibility index (Phi) is 5.79. The number of rotatable bonds is 4. The van der Waals surface area contributed by atoms with Crippen molar-refractivity contribution in [2.24, 2.45) is 0 Å². The third-order valence-electron chi connectivity index (χ3n) is 5.26. The molecule has 29 heavy (non-hydrogen) atoms. The van der Waals surface area contributed by atoms with E-state index in [-0.39, 0.29) is 0 Å². The number of hydrogen-bond donors (Lipinski definition) is 0. The Morgan fingerprint density at radius 1 is 1.00 bits per heavy atom. The van der Waals surface area contributed by atoms with Gasteiger partial charge >= 0.3 is 0 Å². The molecule has 4 rings (SSSR count). The summed E-state index contributed by atoms with van der Waals surface area (Å²) in [6.07, 6.45) is 0. The first-order valence-corrected chi connectivity index (χ1v) is 12.5. The average molecular weight is 492 g/mol. The maximum absolute atomic E-state index is 13.0. The number of anilines is 1. The van der Waals surface area contributed by atoms with Gasteiger partial charge in [-0.3, -0.25) is 0 Å². The number of aryl methyl sites for hydroxylation is 2. The van der Waals surface area contributed by atoms with Crippen LogP contribution in [0.15, 0.2) is 57.2 Å². The molecule has 1 aromatic heterocycles. The molecule has 2 aromatic carbocycles. The Balaban J connectivity index is 1.47. The molecule has 8 heteroatoms. The Morgan fingerprint density at radius 2 is 1.72 bits per heavy atom. The quantitative estimate of drug-likeness (QED) is 0.530. The molecule has 0 saturated carbocycles. The van der Waals surface area contributed by atoms with Gasteiger partial charge in [-0.25, -0.2) is 13.4 Å². The highest BCUT2D eigenvalue weighted by Gasteiger charge is 2.30. The van der Waals surface area contributed by atoms with Crippen LogP contribution in [0.5, 0.6) is 0 Å². The van der Waals surface area contributed by atoms with Gasteiger partial charge in [-0.2, -0.15) is 4.31 Å². The van der Waals surface area contributed by atoms with Gasteiger partial charge in [-0.05, 0) is 59.1 Å². The molecule has 0 N–H and O–H groups in total. The maximum Gasteiger partial charge on any atom is 0.244 e. The molecule has 5 nitrogen and oxygen atoms in total. The van der Waals surface area contributed by atoms with E-state index >= 15 is 0 Å². The lowest BCUT2D eigenvalue weighted by atomic mass is 10.1. The predicted octanol–water partition coefficient (Wildman–Crippen LogP) is 4.70. The fraction of sp³-hybridized carbons (Fsp3) is 0.286. The van der Waals surface area contributed by atoms with Crippen molar-refractivity contribution < 1.29 is 8.42 Å². The molecule has 1 aliphatic heterocycles. The summed E-state index contributed by atoms with van der Waals surface area (Å²) in [7, 11) is -3.50. The number of thiazole rings is 1. The smallest absolute Gasteiger partial charge is 0.244 e. The van der Waals surface area contributed by atoms with E-state index in [2.05, 4.69) is 58.3 Å². The fourth-order valence-electron chi connectivity index (χ4n) is 3.36.